The van der Waals surface area contributed by atoms with Crippen LogP contribution in [0.1, 0.15) is 69.0 Å². The number of anilines is 3. The Balaban J connectivity index is 0.908. The molecule has 2 aliphatic heterocycles. The van der Waals surface area contributed by atoms with Crippen molar-refractivity contribution in [2.24, 2.45) is 12.0 Å². The smallest absolute Gasteiger partial charge is 0.292 e. The zero-order chi connectivity index (χ0) is 35.5. The van der Waals surface area contributed by atoms with Crippen molar-refractivity contribution in [2.45, 2.75) is 45.1 Å². The van der Waals surface area contributed by atoms with Gasteiger partial charge in [-0.25, -0.2) is 4.98 Å². The number of amides is 4. The molecule has 1 atom stereocenters. The summed E-state index contributed by atoms with van der Waals surface area (Å²) in [5, 5.41) is 9.95. The van der Waals surface area contributed by atoms with Gasteiger partial charge in [-0.1, -0.05) is 18.2 Å². The fraction of sp³-hybridized carbons (Fsp3) is 0.263. The molecule has 3 N–H and O–H groups in total. The molecule has 2 aliphatic rings. The number of rotatable bonds is 10. The number of piperidine rings is 1. The predicted octanol–water partition coefficient (Wildman–Crippen LogP) is 6.96. The second kappa shape index (κ2) is 14.6. The lowest BCUT2D eigenvalue weighted by Gasteiger charge is -2.32. The van der Waals surface area contributed by atoms with Crippen LogP contribution in [-0.4, -0.2) is 63.5 Å². The molecule has 2 aromatic heterocycles. The number of aliphatic imine (C=N–C) groups is 1. The molecule has 0 bridgehead atoms. The molecule has 0 aliphatic carbocycles. The summed E-state index contributed by atoms with van der Waals surface area (Å²) in [4.78, 5) is 62.7. The Hall–Kier alpha value is -5.82. The van der Waals surface area contributed by atoms with Crippen LogP contribution < -0.4 is 20.7 Å². The number of imidazole rings is 1. The maximum absolute atomic E-state index is 13.2. The molecular weight excluding hydrogens is 667 g/mol. The van der Waals surface area contributed by atoms with E-state index in [-0.39, 0.29) is 41.8 Å². The summed E-state index contributed by atoms with van der Waals surface area (Å²) in [5.74, 6) is 0.119. The zero-order valence-corrected chi connectivity index (χ0v) is 29.1. The Bertz CT molecular complexity index is 2170. The summed E-state index contributed by atoms with van der Waals surface area (Å²) in [6.45, 7) is 2.94. The third-order valence-corrected chi connectivity index (χ3v) is 9.95. The van der Waals surface area contributed by atoms with Crippen LogP contribution in [0.3, 0.4) is 0 Å². The number of nitrogens with one attached hydrogen (secondary N) is 3. The second-order valence-electron chi connectivity index (χ2n) is 12.7. The minimum atomic E-state index is -0.432. The Labute approximate surface area is 298 Å². The van der Waals surface area contributed by atoms with Gasteiger partial charge in [-0.15, -0.1) is 11.3 Å². The molecule has 260 valence electrons. The molecule has 51 heavy (non-hydrogen) atoms. The van der Waals surface area contributed by atoms with Gasteiger partial charge in [-0.05, 0) is 86.0 Å². The summed E-state index contributed by atoms with van der Waals surface area (Å²) in [6.07, 6.45) is 7.10. The Morgan fingerprint density at radius 2 is 1.82 bits per heavy atom. The third-order valence-electron chi connectivity index (χ3n) is 8.92. The van der Waals surface area contributed by atoms with Gasteiger partial charge in [0.25, 0.3) is 17.7 Å². The SMILES string of the molecule is Cc1cc2c(cc1OCCCC(=O)Nc1cn(C)c(C(=O)Nc3cc4cc(C(=O)Nc5ccccc5)ccc4s3)n1)N=C[C@@H]1CCCCN1C2=O. The van der Waals surface area contributed by atoms with E-state index in [9.17, 15) is 19.2 Å². The number of carbonyl (C=O) groups is 4. The molecule has 1 saturated heterocycles. The van der Waals surface area contributed by atoms with Crippen molar-refractivity contribution in [3.05, 3.63) is 95.4 Å². The van der Waals surface area contributed by atoms with Crippen LogP contribution in [0, 0.1) is 6.92 Å². The molecular formula is C38H37N7O5S. The summed E-state index contributed by atoms with van der Waals surface area (Å²) in [5.41, 5.74) is 3.24. The average Bonchev–Trinajstić information content (AvgIpc) is 3.67. The number of carbonyl (C=O) groups excluding carboxylic acids is 4. The van der Waals surface area contributed by atoms with Crippen molar-refractivity contribution in [3.63, 3.8) is 0 Å². The number of thiophene rings is 1. The predicted molar refractivity (Wildman–Crippen MR) is 199 cm³/mol. The maximum Gasteiger partial charge on any atom is 0.292 e. The van der Waals surface area contributed by atoms with Gasteiger partial charge in [0, 0.05) is 54.4 Å². The van der Waals surface area contributed by atoms with Crippen LogP contribution in [0.15, 0.2) is 77.9 Å². The lowest BCUT2D eigenvalue weighted by atomic mass is 10.0. The number of benzene rings is 3. The standard InChI is InChI=1S/C38H37N7O5S/c1-23-17-28-29(39-21-27-11-6-7-15-45(27)38(28)49)20-30(23)50-16-8-12-33(46)41-32-22-44(2)35(42-32)37(48)43-34-19-25-18-24(13-14-31(25)51-34)36(47)40-26-9-4-3-5-10-26/h3-5,9-10,13-14,17-22,27H,6-8,11-12,15-16H2,1-2H3,(H,40,47)(H,41,46)(H,43,48)/t27-/m0/s1. The van der Waals surface area contributed by atoms with Gasteiger partial charge in [0.1, 0.15) is 5.75 Å². The van der Waals surface area contributed by atoms with Crippen molar-refractivity contribution >= 4 is 73.5 Å². The first-order valence-corrected chi connectivity index (χ1v) is 17.7. The van der Waals surface area contributed by atoms with E-state index in [1.54, 1.807) is 36.0 Å². The highest BCUT2D eigenvalue weighted by molar-refractivity contribution is 7.23. The van der Waals surface area contributed by atoms with Crippen LogP contribution in [-0.2, 0) is 11.8 Å². The number of aromatic nitrogens is 2. The molecule has 3 aromatic carbocycles. The van der Waals surface area contributed by atoms with E-state index in [0.717, 1.165) is 41.5 Å². The summed E-state index contributed by atoms with van der Waals surface area (Å²) >= 11 is 1.38. The lowest BCUT2D eigenvalue weighted by Crippen LogP contribution is -2.43. The summed E-state index contributed by atoms with van der Waals surface area (Å²) < 4.78 is 8.46. The van der Waals surface area contributed by atoms with Crippen LogP contribution in [0.2, 0.25) is 0 Å². The van der Waals surface area contributed by atoms with Crippen molar-refractivity contribution < 1.29 is 23.9 Å². The fourth-order valence-electron chi connectivity index (χ4n) is 6.29. The first-order chi connectivity index (χ1) is 24.7. The molecule has 4 amide bonds. The van der Waals surface area contributed by atoms with Crippen LogP contribution in [0.5, 0.6) is 5.75 Å². The number of fused-ring (bicyclic) bond motifs is 3. The molecule has 12 nitrogen and oxygen atoms in total. The van der Waals surface area contributed by atoms with Gasteiger partial charge in [0.15, 0.2) is 5.82 Å². The molecule has 0 unspecified atom stereocenters. The van der Waals surface area contributed by atoms with Crippen molar-refractivity contribution in [3.8, 4) is 5.75 Å². The minimum Gasteiger partial charge on any atom is -0.493 e. The molecule has 0 spiro atoms. The molecule has 13 heteroatoms. The first-order valence-electron chi connectivity index (χ1n) is 16.9. The number of ether oxygens (including phenoxy) is 1. The van der Waals surface area contributed by atoms with Crippen LogP contribution in [0.4, 0.5) is 22.2 Å². The van der Waals surface area contributed by atoms with E-state index in [4.69, 9.17) is 4.74 Å². The van der Waals surface area contributed by atoms with Crippen molar-refractivity contribution in [2.75, 3.05) is 29.1 Å². The molecule has 7 rings (SSSR count). The van der Waals surface area contributed by atoms with E-state index in [2.05, 4.69) is 25.9 Å². The highest BCUT2D eigenvalue weighted by Gasteiger charge is 2.30. The van der Waals surface area contributed by atoms with E-state index < -0.39 is 5.91 Å². The fourth-order valence-corrected chi connectivity index (χ4v) is 7.23. The molecule has 0 saturated carbocycles. The van der Waals surface area contributed by atoms with Gasteiger partial charge in [-0.3, -0.25) is 24.2 Å². The number of hydrogen-bond donors (Lipinski definition) is 3. The molecule has 0 radical (unpaired) electrons. The van der Waals surface area contributed by atoms with Gasteiger partial charge in [0.2, 0.25) is 11.7 Å². The van der Waals surface area contributed by atoms with Crippen LogP contribution >= 0.6 is 11.3 Å². The molecule has 5 aromatic rings. The largest absolute Gasteiger partial charge is 0.493 e. The highest BCUT2D eigenvalue weighted by Crippen LogP contribution is 2.34. The lowest BCUT2D eigenvalue weighted by molar-refractivity contribution is -0.116. The summed E-state index contributed by atoms with van der Waals surface area (Å²) in [6, 6.07) is 20.1. The van der Waals surface area contributed by atoms with Crippen molar-refractivity contribution in [1.82, 2.24) is 14.5 Å². The number of aryl methyl sites for hydroxylation is 2. The molecule has 1 fully saturated rings. The maximum atomic E-state index is 13.2. The number of nitrogens with zero attached hydrogens (tertiary/aromatic N) is 4. The van der Waals surface area contributed by atoms with E-state index in [0.29, 0.717) is 46.3 Å². The Morgan fingerprint density at radius 3 is 2.67 bits per heavy atom. The summed E-state index contributed by atoms with van der Waals surface area (Å²) in [7, 11) is 1.68. The van der Waals surface area contributed by atoms with Crippen LogP contribution in [0.25, 0.3) is 10.1 Å². The number of hydrogen-bond acceptors (Lipinski definition) is 8. The van der Waals surface area contributed by atoms with Gasteiger partial charge >= 0.3 is 0 Å². The highest BCUT2D eigenvalue weighted by atomic mass is 32.1. The monoisotopic (exact) mass is 703 g/mol. The van der Waals surface area contributed by atoms with Gasteiger partial charge in [0.05, 0.1) is 28.9 Å². The average molecular weight is 704 g/mol. The second-order valence-corrected chi connectivity index (χ2v) is 13.8. The topological polar surface area (TPSA) is 147 Å². The first kappa shape index (κ1) is 33.7. The quantitative estimate of drug-likeness (QED) is 0.134. The minimum absolute atomic E-state index is 0.00859. The zero-order valence-electron chi connectivity index (χ0n) is 28.3. The Morgan fingerprint density at radius 1 is 0.980 bits per heavy atom. The van der Waals surface area contributed by atoms with E-state index >= 15 is 0 Å². The van der Waals surface area contributed by atoms with Crippen molar-refractivity contribution in [1.29, 1.82) is 0 Å². The molecule has 4 heterocycles. The van der Waals surface area contributed by atoms with Gasteiger partial charge in [-0.2, -0.15) is 0 Å². The Kier molecular flexibility index (Phi) is 9.62. The number of para-hydroxylation sites is 1. The van der Waals surface area contributed by atoms with Gasteiger partial charge < -0.3 is 30.2 Å². The normalized spacial score (nSPS) is 15.1. The third kappa shape index (κ3) is 7.53. The van der Waals surface area contributed by atoms with E-state index in [1.807, 2.05) is 66.6 Å². The van der Waals surface area contributed by atoms with E-state index in [1.165, 1.54) is 11.3 Å².